The molecule has 0 bridgehead atoms. The monoisotopic (exact) mass is 837 g/mol. The van der Waals surface area contributed by atoms with Gasteiger partial charge in [-0.05, 0) is 89.9 Å². The first-order valence-corrected chi connectivity index (χ1v) is 25.5. The molecule has 5 nitrogen and oxygen atoms in total. The minimum Gasteiger partial charge on any atom is -0.462 e. The Labute approximate surface area is 372 Å². The van der Waals surface area contributed by atoms with Gasteiger partial charge in [0.05, 0.1) is 6.61 Å². The van der Waals surface area contributed by atoms with Gasteiger partial charge in [0, 0.05) is 19.4 Å². The van der Waals surface area contributed by atoms with E-state index in [9.17, 15) is 9.59 Å². The number of allylic oxidation sites excluding steroid dienone is 12. The number of rotatable bonds is 46. The van der Waals surface area contributed by atoms with E-state index in [1.165, 1.54) is 122 Å². The molecule has 60 heavy (non-hydrogen) atoms. The lowest BCUT2D eigenvalue weighted by molar-refractivity contribution is -0.163. The van der Waals surface area contributed by atoms with Crippen molar-refractivity contribution < 1.29 is 23.8 Å². The normalized spacial score (nSPS) is 12.8. The zero-order chi connectivity index (χ0) is 43.5. The van der Waals surface area contributed by atoms with Crippen molar-refractivity contribution in [1.29, 1.82) is 0 Å². The standard InChI is InChI=1S/C55H96O5/c1-4-7-10-13-16-18-20-22-24-26-28-30-32-34-36-38-40-42-45-48-54(56)59-52-53(51-58-50-47-44-15-12-9-6-3)60-55(57)49-46-43-41-39-37-35-33-31-29-27-25-23-21-19-17-14-11-8-5-2/h7,10,16,18,22-25,28,30,34,36,53H,4-6,8-9,11-15,17,19-21,26-27,29,31-33,35,37-52H2,1-3H3/b10-7-,18-16-,24-22-,25-23-,30-28-,36-34-. The third-order valence-electron chi connectivity index (χ3n) is 10.7. The van der Waals surface area contributed by atoms with Crippen molar-refractivity contribution in [2.24, 2.45) is 0 Å². The Balaban J connectivity index is 4.14. The van der Waals surface area contributed by atoms with Crippen LogP contribution in [0.15, 0.2) is 72.9 Å². The van der Waals surface area contributed by atoms with Crippen LogP contribution < -0.4 is 0 Å². The second kappa shape index (κ2) is 50.7. The fourth-order valence-corrected chi connectivity index (χ4v) is 6.94. The molecule has 0 aromatic heterocycles. The maximum atomic E-state index is 12.7. The van der Waals surface area contributed by atoms with Crippen LogP contribution in [0.4, 0.5) is 0 Å². The Morgan fingerprint density at radius 3 is 1.23 bits per heavy atom. The zero-order valence-corrected chi connectivity index (χ0v) is 39.7. The van der Waals surface area contributed by atoms with Crippen molar-refractivity contribution in [1.82, 2.24) is 0 Å². The van der Waals surface area contributed by atoms with Crippen LogP contribution in [0, 0.1) is 0 Å². The minimum absolute atomic E-state index is 0.0661. The van der Waals surface area contributed by atoms with E-state index < -0.39 is 6.10 Å². The summed E-state index contributed by atoms with van der Waals surface area (Å²) in [5.41, 5.74) is 0. The molecule has 1 unspecified atom stereocenters. The van der Waals surface area contributed by atoms with Crippen LogP contribution in [0.5, 0.6) is 0 Å². The van der Waals surface area contributed by atoms with E-state index in [0.29, 0.717) is 19.4 Å². The van der Waals surface area contributed by atoms with E-state index in [0.717, 1.165) is 83.5 Å². The van der Waals surface area contributed by atoms with Gasteiger partial charge >= 0.3 is 11.9 Å². The van der Waals surface area contributed by atoms with Gasteiger partial charge in [-0.1, -0.05) is 209 Å². The second-order valence-electron chi connectivity index (χ2n) is 16.7. The Morgan fingerprint density at radius 2 is 0.750 bits per heavy atom. The van der Waals surface area contributed by atoms with Crippen molar-refractivity contribution in [3.05, 3.63) is 72.9 Å². The van der Waals surface area contributed by atoms with Crippen LogP contribution in [0.1, 0.15) is 239 Å². The molecule has 0 aliphatic heterocycles. The third kappa shape index (κ3) is 48.0. The summed E-state index contributed by atoms with van der Waals surface area (Å²) < 4.78 is 17.2. The first kappa shape index (κ1) is 57.3. The van der Waals surface area contributed by atoms with Crippen LogP contribution >= 0.6 is 0 Å². The predicted molar refractivity (Wildman–Crippen MR) is 260 cm³/mol. The number of carbonyl (C=O) groups is 2. The molecule has 1 atom stereocenters. The van der Waals surface area contributed by atoms with Gasteiger partial charge in [0.1, 0.15) is 6.61 Å². The van der Waals surface area contributed by atoms with Gasteiger partial charge in [-0.25, -0.2) is 0 Å². The summed E-state index contributed by atoms with van der Waals surface area (Å²) in [7, 11) is 0. The Bertz CT molecular complexity index is 1080. The highest BCUT2D eigenvalue weighted by Gasteiger charge is 2.17. The molecule has 0 aromatic rings. The molecule has 0 N–H and O–H groups in total. The van der Waals surface area contributed by atoms with Crippen LogP contribution in [0.25, 0.3) is 0 Å². The quantitative estimate of drug-likeness (QED) is 0.0347. The first-order valence-electron chi connectivity index (χ1n) is 25.5. The fourth-order valence-electron chi connectivity index (χ4n) is 6.94. The molecular weight excluding hydrogens is 741 g/mol. The molecule has 0 radical (unpaired) electrons. The van der Waals surface area contributed by atoms with E-state index in [1.54, 1.807) is 0 Å². The summed E-state index contributed by atoms with van der Waals surface area (Å²) >= 11 is 0. The van der Waals surface area contributed by atoms with Crippen LogP contribution in [0.2, 0.25) is 0 Å². The van der Waals surface area contributed by atoms with Crippen molar-refractivity contribution in [3.63, 3.8) is 0 Å². The summed E-state index contributed by atoms with van der Waals surface area (Å²) in [6.45, 7) is 7.65. The number of unbranched alkanes of at least 4 members (excludes halogenated alkanes) is 23. The van der Waals surface area contributed by atoms with Gasteiger partial charge in [0.25, 0.3) is 0 Å². The van der Waals surface area contributed by atoms with Gasteiger partial charge in [-0.2, -0.15) is 0 Å². The number of hydrogen-bond acceptors (Lipinski definition) is 5. The Morgan fingerprint density at radius 1 is 0.383 bits per heavy atom. The highest BCUT2D eigenvalue weighted by molar-refractivity contribution is 5.70. The molecule has 0 heterocycles. The number of carbonyl (C=O) groups excluding carboxylic acids is 2. The molecule has 5 heteroatoms. The molecule has 0 amide bonds. The number of ether oxygens (including phenoxy) is 3. The molecule has 0 aromatic carbocycles. The van der Waals surface area contributed by atoms with Crippen LogP contribution in [-0.2, 0) is 23.8 Å². The lowest BCUT2D eigenvalue weighted by Gasteiger charge is -2.18. The average Bonchev–Trinajstić information content (AvgIpc) is 3.25. The van der Waals surface area contributed by atoms with Crippen molar-refractivity contribution >= 4 is 11.9 Å². The van der Waals surface area contributed by atoms with Gasteiger partial charge < -0.3 is 14.2 Å². The molecule has 0 aliphatic rings. The molecule has 0 spiro atoms. The maximum Gasteiger partial charge on any atom is 0.306 e. The van der Waals surface area contributed by atoms with E-state index in [-0.39, 0.29) is 25.2 Å². The Kier molecular flexibility index (Phi) is 48.4. The molecule has 0 saturated carbocycles. The lowest BCUT2D eigenvalue weighted by Crippen LogP contribution is -2.30. The molecule has 0 aliphatic carbocycles. The fraction of sp³-hybridized carbons (Fsp3) is 0.745. The minimum atomic E-state index is -0.548. The topological polar surface area (TPSA) is 61.8 Å². The third-order valence-corrected chi connectivity index (χ3v) is 10.7. The molecule has 0 saturated heterocycles. The van der Waals surface area contributed by atoms with Gasteiger partial charge in [0.2, 0.25) is 0 Å². The molecule has 346 valence electrons. The highest BCUT2D eigenvalue weighted by Crippen LogP contribution is 2.14. The van der Waals surface area contributed by atoms with Crippen LogP contribution in [0.3, 0.4) is 0 Å². The summed E-state index contributed by atoms with van der Waals surface area (Å²) in [4.78, 5) is 25.3. The average molecular weight is 837 g/mol. The molecule has 0 fully saturated rings. The van der Waals surface area contributed by atoms with Crippen molar-refractivity contribution in [2.75, 3.05) is 19.8 Å². The van der Waals surface area contributed by atoms with E-state index in [4.69, 9.17) is 14.2 Å². The Hall–Kier alpha value is -2.66. The van der Waals surface area contributed by atoms with Crippen molar-refractivity contribution in [3.8, 4) is 0 Å². The predicted octanol–water partition coefficient (Wildman–Crippen LogP) is 17.1. The van der Waals surface area contributed by atoms with Crippen LogP contribution in [-0.4, -0.2) is 37.9 Å². The largest absolute Gasteiger partial charge is 0.462 e. The SMILES string of the molecule is CC/C=C\C/C=C\C/C=C\C/C=C\C/C=C\CCCCCC(=O)OCC(COCCCCCCCC)OC(=O)CCCCCCCCCCC/C=C\CCCCCCCC. The van der Waals surface area contributed by atoms with Crippen molar-refractivity contribution in [2.45, 2.75) is 245 Å². The van der Waals surface area contributed by atoms with E-state index in [2.05, 4.69) is 93.7 Å². The van der Waals surface area contributed by atoms with E-state index >= 15 is 0 Å². The summed E-state index contributed by atoms with van der Waals surface area (Å²) in [6, 6.07) is 0. The zero-order valence-electron chi connectivity index (χ0n) is 39.7. The second-order valence-corrected chi connectivity index (χ2v) is 16.7. The number of esters is 2. The lowest BCUT2D eigenvalue weighted by atomic mass is 10.1. The summed E-state index contributed by atoms with van der Waals surface area (Å²) in [6.07, 6.45) is 64.9. The first-order chi connectivity index (χ1) is 29.6. The molecular formula is C55H96O5. The van der Waals surface area contributed by atoms with E-state index in [1.807, 2.05) is 0 Å². The van der Waals surface area contributed by atoms with Gasteiger partial charge in [0.15, 0.2) is 6.10 Å². The summed E-state index contributed by atoms with van der Waals surface area (Å²) in [5, 5.41) is 0. The maximum absolute atomic E-state index is 12.7. The molecule has 0 rings (SSSR count). The number of hydrogen-bond donors (Lipinski definition) is 0. The smallest absolute Gasteiger partial charge is 0.306 e. The van der Waals surface area contributed by atoms with Gasteiger partial charge in [-0.3, -0.25) is 9.59 Å². The highest BCUT2D eigenvalue weighted by atomic mass is 16.6. The summed E-state index contributed by atoms with van der Waals surface area (Å²) in [5.74, 6) is -0.437. The van der Waals surface area contributed by atoms with Gasteiger partial charge in [-0.15, -0.1) is 0 Å².